The molecule has 0 spiro atoms. The van der Waals surface area contributed by atoms with Gasteiger partial charge in [0.15, 0.2) is 0 Å². The van der Waals surface area contributed by atoms with Crippen LogP contribution in [0.15, 0.2) is 73.3 Å². The summed E-state index contributed by atoms with van der Waals surface area (Å²) < 4.78 is 0. The first-order valence-electron chi connectivity index (χ1n) is 14.3. The number of carboxylic acids is 1. The molecular weight excluding hydrogens is 566 g/mol. The zero-order chi connectivity index (χ0) is 32.6. The van der Waals surface area contributed by atoms with Gasteiger partial charge in [0.2, 0.25) is 29.5 Å². The lowest BCUT2D eigenvalue weighted by molar-refractivity contribution is -0.138. The first-order valence-corrected chi connectivity index (χ1v) is 14.3. The number of hydrogen-bond donors (Lipinski definition) is 6. The fraction of sp³-hybridized carbons (Fsp3) is 0.375. The third-order valence-electron chi connectivity index (χ3n) is 6.52. The number of aliphatic carboxylic acids is 1. The van der Waals surface area contributed by atoms with Crippen molar-refractivity contribution in [3.63, 3.8) is 0 Å². The summed E-state index contributed by atoms with van der Waals surface area (Å²) in [7, 11) is 0. The normalized spacial score (nSPS) is 13.4. The Morgan fingerprint density at radius 1 is 0.682 bits per heavy atom. The Morgan fingerprint density at radius 2 is 1.16 bits per heavy atom. The van der Waals surface area contributed by atoms with Gasteiger partial charge in [0.1, 0.15) is 30.7 Å². The number of carbonyl (C=O) groups excluding carboxylic acids is 5. The molecule has 2 aromatic rings. The van der Waals surface area contributed by atoms with Crippen LogP contribution in [0.3, 0.4) is 0 Å². The van der Waals surface area contributed by atoms with Crippen molar-refractivity contribution in [2.75, 3.05) is 6.54 Å². The number of nitrogens with one attached hydrogen (secondary N) is 5. The van der Waals surface area contributed by atoms with E-state index < -0.39 is 66.2 Å². The van der Waals surface area contributed by atoms with E-state index in [1.807, 2.05) is 32.0 Å². The van der Waals surface area contributed by atoms with Gasteiger partial charge >= 0.3 is 5.97 Å². The maximum Gasteiger partial charge on any atom is 0.322 e. The molecule has 12 nitrogen and oxygen atoms in total. The Labute approximate surface area is 257 Å². The maximum atomic E-state index is 13.3. The molecule has 236 valence electrons. The zero-order valence-electron chi connectivity index (χ0n) is 25.2. The highest BCUT2D eigenvalue weighted by molar-refractivity contribution is 5.96. The fourth-order valence-corrected chi connectivity index (χ4v) is 4.29. The molecule has 2 aromatic carbocycles. The SMILES string of the molecule is C=CC(=O)N[C@@H](Cc1ccccc1)C(=O)N[C@@H](CC(C)C)C(=O)N[C@@H](C)C(=O)N[C@@H](Cc1ccccc1)C(=O)NCC(=O)O. The lowest BCUT2D eigenvalue weighted by atomic mass is 10.0. The second kappa shape index (κ2) is 17.8. The van der Waals surface area contributed by atoms with Crippen molar-refractivity contribution < 1.29 is 33.9 Å². The molecule has 2 rings (SSSR count). The molecule has 44 heavy (non-hydrogen) atoms. The summed E-state index contributed by atoms with van der Waals surface area (Å²) in [5.74, 6) is -4.39. The highest BCUT2D eigenvalue weighted by atomic mass is 16.4. The predicted octanol–water partition coefficient (Wildman–Crippen LogP) is 0.864. The molecule has 0 radical (unpaired) electrons. The van der Waals surface area contributed by atoms with Gasteiger partial charge in [-0.3, -0.25) is 28.8 Å². The highest BCUT2D eigenvalue weighted by Crippen LogP contribution is 2.09. The second-order valence-corrected chi connectivity index (χ2v) is 10.7. The first kappa shape index (κ1) is 35.2. The number of amides is 5. The third kappa shape index (κ3) is 12.5. The molecule has 0 bridgehead atoms. The van der Waals surface area contributed by atoms with Crippen LogP contribution in [-0.4, -0.2) is 71.3 Å². The van der Waals surface area contributed by atoms with Crippen LogP contribution in [0.1, 0.15) is 38.3 Å². The van der Waals surface area contributed by atoms with Gasteiger partial charge in [-0.1, -0.05) is 81.1 Å². The Hall–Kier alpha value is -5.00. The highest BCUT2D eigenvalue weighted by Gasteiger charge is 2.30. The van der Waals surface area contributed by atoms with Gasteiger partial charge in [-0.15, -0.1) is 0 Å². The molecular formula is C32H41N5O7. The van der Waals surface area contributed by atoms with Gasteiger partial charge in [0.25, 0.3) is 0 Å². The molecule has 0 unspecified atom stereocenters. The van der Waals surface area contributed by atoms with E-state index in [-0.39, 0.29) is 25.2 Å². The van der Waals surface area contributed by atoms with Gasteiger partial charge in [-0.2, -0.15) is 0 Å². The summed E-state index contributed by atoms with van der Waals surface area (Å²) in [5, 5.41) is 21.7. The quantitative estimate of drug-likeness (QED) is 0.144. The smallest absolute Gasteiger partial charge is 0.322 e. The van der Waals surface area contributed by atoms with Crippen molar-refractivity contribution in [1.29, 1.82) is 0 Å². The van der Waals surface area contributed by atoms with Crippen LogP contribution in [-0.2, 0) is 41.6 Å². The Kier molecular flexibility index (Phi) is 14.3. The monoisotopic (exact) mass is 607 g/mol. The lowest BCUT2D eigenvalue weighted by Crippen LogP contribution is -2.58. The molecule has 4 atom stereocenters. The number of benzene rings is 2. The van der Waals surface area contributed by atoms with E-state index in [1.165, 1.54) is 6.92 Å². The minimum absolute atomic E-state index is 0.0151. The van der Waals surface area contributed by atoms with Crippen LogP contribution < -0.4 is 26.6 Å². The van der Waals surface area contributed by atoms with Gasteiger partial charge in [0.05, 0.1) is 0 Å². The topological polar surface area (TPSA) is 183 Å². The van der Waals surface area contributed by atoms with Crippen molar-refractivity contribution in [3.8, 4) is 0 Å². The van der Waals surface area contributed by atoms with Crippen LogP contribution in [0, 0.1) is 5.92 Å². The van der Waals surface area contributed by atoms with E-state index in [4.69, 9.17) is 5.11 Å². The van der Waals surface area contributed by atoms with Crippen molar-refractivity contribution in [3.05, 3.63) is 84.4 Å². The third-order valence-corrected chi connectivity index (χ3v) is 6.52. The average molecular weight is 608 g/mol. The standard InChI is InChI=1S/C32H41N5O7/c1-5-27(38)35-26(18-23-14-10-7-11-15-23)32(44)37-24(16-20(2)3)31(43)34-21(4)29(41)36-25(30(42)33-19-28(39)40)17-22-12-8-6-9-13-22/h5-15,20-21,24-26H,1,16-19H2,2-4H3,(H,33,42)(H,34,43)(H,35,38)(H,36,41)(H,37,44)(H,39,40)/t21-,24-,25-,26-/m0/s1. The molecule has 6 N–H and O–H groups in total. The van der Waals surface area contributed by atoms with Crippen molar-refractivity contribution in [2.45, 2.75) is 64.2 Å². The van der Waals surface area contributed by atoms with Crippen molar-refractivity contribution >= 4 is 35.5 Å². The van der Waals surface area contributed by atoms with Gasteiger partial charge < -0.3 is 31.7 Å². The maximum absolute atomic E-state index is 13.3. The Bertz CT molecular complexity index is 1300. The summed E-state index contributed by atoms with van der Waals surface area (Å²) in [6.07, 6.45) is 1.56. The van der Waals surface area contributed by atoms with Crippen LogP contribution in [0.2, 0.25) is 0 Å². The average Bonchev–Trinajstić information content (AvgIpc) is 2.99. The van der Waals surface area contributed by atoms with E-state index in [0.29, 0.717) is 0 Å². The largest absolute Gasteiger partial charge is 0.480 e. The number of carbonyl (C=O) groups is 6. The lowest BCUT2D eigenvalue weighted by Gasteiger charge is -2.26. The molecule has 0 heterocycles. The predicted molar refractivity (Wildman–Crippen MR) is 164 cm³/mol. The number of carboxylic acid groups (broad SMARTS) is 1. The Balaban J connectivity index is 2.14. The van der Waals surface area contributed by atoms with Crippen molar-refractivity contribution in [1.82, 2.24) is 26.6 Å². The molecule has 12 heteroatoms. The summed E-state index contributed by atoms with van der Waals surface area (Å²) in [6, 6.07) is 13.7. The first-order chi connectivity index (χ1) is 20.9. The van der Waals surface area contributed by atoms with Crippen LogP contribution >= 0.6 is 0 Å². The molecule has 0 aliphatic rings. The fourth-order valence-electron chi connectivity index (χ4n) is 4.29. The molecule has 5 amide bonds. The zero-order valence-corrected chi connectivity index (χ0v) is 25.2. The summed E-state index contributed by atoms with van der Waals surface area (Å²) >= 11 is 0. The number of rotatable bonds is 17. The van der Waals surface area contributed by atoms with Gasteiger partial charge in [-0.05, 0) is 36.5 Å². The van der Waals surface area contributed by atoms with Crippen LogP contribution in [0.25, 0.3) is 0 Å². The molecule has 0 fully saturated rings. The van der Waals surface area contributed by atoms with Crippen molar-refractivity contribution in [2.24, 2.45) is 5.92 Å². The summed E-state index contributed by atoms with van der Waals surface area (Å²) in [5.41, 5.74) is 1.53. The second-order valence-electron chi connectivity index (χ2n) is 10.7. The van der Waals surface area contributed by atoms with Gasteiger partial charge in [0, 0.05) is 12.8 Å². The van der Waals surface area contributed by atoms with Gasteiger partial charge in [-0.25, -0.2) is 0 Å². The molecule has 0 aromatic heterocycles. The summed E-state index contributed by atoms with van der Waals surface area (Å²) in [6.45, 7) is 7.98. The van der Waals surface area contributed by atoms with E-state index in [9.17, 15) is 28.8 Å². The number of hydrogen-bond acceptors (Lipinski definition) is 6. The molecule has 0 saturated carbocycles. The van der Waals surface area contributed by atoms with E-state index in [0.717, 1.165) is 17.2 Å². The van der Waals surface area contributed by atoms with Crippen LogP contribution in [0.5, 0.6) is 0 Å². The molecule has 0 saturated heterocycles. The summed E-state index contributed by atoms with van der Waals surface area (Å²) in [4.78, 5) is 75.5. The van der Waals surface area contributed by atoms with E-state index >= 15 is 0 Å². The minimum Gasteiger partial charge on any atom is -0.480 e. The Morgan fingerprint density at radius 3 is 1.64 bits per heavy atom. The molecule has 0 aliphatic heterocycles. The van der Waals surface area contributed by atoms with Crippen LogP contribution in [0.4, 0.5) is 0 Å². The minimum atomic E-state index is -1.24. The van der Waals surface area contributed by atoms with E-state index in [2.05, 4.69) is 33.2 Å². The van der Waals surface area contributed by atoms with E-state index in [1.54, 1.807) is 42.5 Å². The molecule has 0 aliphatic carbocycles.